The molecule has 0 radical (unpaired) electrons. The first-order valence-electron chi connectivity index (χ1n) is 7.34. The molecule has 0 heterocycles. The predicted molar refractivity (Wildman–Crippen MR) is 77.0 cm³/mol. The molecule has 0 bridgehead atoms. The Labute approximate surface area is 125 Å². The molecule has 0 saturated heterocycles. The lowest BCUT2D eigenvalue weighted by molar-refractivity contribution is -0.323. The molecule has 116 valence electrons. The van der Waals surface area contributed by atoms with E-state index in [-0.39, 0.29) is 5.92 Å². The second-order valence-electron chi connectivity index (χ2n) is 6.83. The maximum Gasteiger partial charge on any atom is 0.105 e. The van der Waals surface area contributed by atoms with E-state index in [2.05, 4.69) is 0 Å². The number of hydrogen-bond donors (Lipinski definition) is 2. The fraction of sp³-hybridized carbons (Fsp3) is 0.588. The number of aliphatic hydroxyl groups is 2. The number of hydrogen-bond acceptors (Lipinski definition) is 4. The molecule has 1 aromatic carbocycles. The smallest absolute Gasteiger partial charge is 0.105 e. The highest BCUT2D eigenvalue weighted by Crippen LogP contribution is 2.57. The van der Waals surface area contributed by atoms with Gasteiger partial charge < -0.3 is 20.1 Å². The van der Waals surface area contributed by atoms with E-state index < -0.39 is 29.0 Å². The van der Waals surface area contributed by atoms with Crippen LogP contribution in [0.5, 0.6) is 0 Å². The monoisotopic (exact) mass is 291 g/mol. The highest BCUT2D eigenvalue weighted by atomic mass is 16.4. The second-order valence-corrected chi connectivity index (χ2v) is 6.83. The molecule has 0 amide bonds. The van der Waals surface area contributed by atoms with E-state index in [1.807, 2.05) is 19.9 Å². The molecular formula is C17H23O4-. The van der Waals surface area contributed by atoms with Crippen LogP contribution < -0.4 is 5.11 Å². The molecule has 1 aliphatic carbocycles. The van der Waals surface area contributed by atoms with Gasteiger partial charge in [0.1, 0.15) is 6.10 Å². The van der Waals surface area contributed by atoms with Crippen LogP contribution in [-0.4, -0.2) is 22.3 Å². The second kappa shape index (κ2) is 5.43. The SMILES string of the molecule is CC1(C)[C@H]([C@H](O)[C@H](O)c2ccccc2)CC[C@@]1(C)C(=O)[O-]. The minimum absolute atomic E-state index is 0.296. The van der Waals surface area contributed by atoms with E-state index >= 15 is 0 Å². The maximum atomic E-state index is 11.5. The number of carboxylic acid groups (broad SMARTS) is 1. The van der Waals surface area contributed by atoms with E-state index in [4.69, 9.17) is 0 Å². The molecule has 2 N–H and O–H groups in total. The summed E-state index contributed by atoms with van der Waals surface area (Å²) in [7, 11) is 0. The standard InChI is InChI=1S/C17H24O4/c1-16(2)12(9-10-17(16,3)15(20)21)14(19)13(18)11-7-5-4-6-8-11/h4-8,12-14,18-19H,9-10H2,1-3H3,(H,20,21)/p-1/t12-,13+,14-,17-/m0/s1. The number of carbonyl (C=O) groups is 1. The zero-order chi connectivity index (χ0) is 15.8. The zero-order valence-corrected chi connectivity index (χ0v) is 12.7. The molecule has 4 heteroatoms. The molecule has 0 unspecified atom stereocenters. The first kappa shape index (κ1) is 16.0. The van der Waals surface area contributed by atoms with E-state index in [9.17, 15) is 20.1 Å². The summed E-state index contributed by atoms with van der Waals surface area (Å²) < 4.78 is 0. The van der Waals surface area contributed by atoms with E-state index in [0.717, 1.165) is 0 Å². The molecule has 4 nitrogen and oxygen atoms in total. The van der Waals surface area contributed by atoms with E-state index in [1.54, 1.807) is 31.2 Å². The summed E-state index contributed by atoms with van der Waals surface area (Å²) in [6.45, 7) is 5.34. The topological polar surface area (TPSA) is 80.6 Å². The number of carboxylic acids is 1. The molecule has 0 aromatic heterocycles. The van der Waals surface area contributed by atoms with Crippen molar-refractivity contribution in [3.63, 3.8) is 0 Å². The van der Waals surface area contributed by atoms with Crippen molar-refractivity contribution in [1.29, 1.82) is 0 Å². The number of aliphatic carboxylic acids is 1. The Bertz CT molecular complexity index is 511. The lowest BCUT2D eigenvalue weighted by atomic mass is 9.64. The average Bonchev–Trinajstić information content (AvgIpc) is 2.70. The summed E-state index contributed by atoms with van der Waals surface area (Å²) in [4.78, 5) is 11.5. The van der Waals surface area contributed by atoms with Gasteiger partial charge in [-0.1, -0.05) is 51.1 Å². The first-order chi connectivity index (χ1) is 9.72. The van der Waals surface area contributed by atoms with Crippen molar-refractivity contribution in [1.82, 2.24) is 0 Å². The minimum atomic E-state index is -1.09. The third-order valence-corrected chi connectivity index (χ3v) is 5.63. The Hall–Kier alpha value is -1.39. The van der Waals surface area contributed by atoms with Crippen molar-refractivity contribution < 1.29 is 20.1 Å². The van der Waals surface area contributed by atoms with Crippen LogP contribution in [0.2, 0.25) is 0 Å². The van der Waals surface area contributed by atoms with Crippen molar-refractivity contribution in [2.45, 2.75) is 45.8 Å². The normalized spacial score (nSPS) is 30.8. The van der Waals surface area contributed by atoms with Gasteiger partial charge in [-0.15, -0.1) is 0 Å². The van der Waals surface area contributed by atoms with Gasteiger partial charge in [0.15, 0.2) is 0 Å². The third-order valence-electron chi connectivity index (χ3n) is 5.63. The van der Waals surface area contributed by atoms with Crippen LogP contribution in [0, 0.1) is 16.7 Å². The Balaban J connectivity index is 2.25. The van der Waals surface area contributed by atoms with Gasteiger partial charge >= 0.3 is 0 Å². The van der Waals surface area contributed by atoms with Crippen LogP contribution in [0.15, 0.2) is 30.3 Å². The molecule has 1 saturated carbocycles. The largest absolute Gasteiger partial charge is 0.550 e. The van der Waals surface area contributed by atoms with Crippen LogP contribution in [-0.2, 0) is 4.79 Å². The molecule has 1 aromatic rings. The summed E-state index contributed by atoms with van der Waals surface area (Å²) in [5.41, 5.74) is -1.00. The van der Waals surface area contributed by atoms with Gasteiger partial charge in [0.25, 0.3) is 0 Å². The predicted octanol–water partition coefficient (Wildman–Crippen LogP) is 1.27. The molecule has 0 aliphatic heterocycles. The molecule has 1 fully saturated rings. The number of rotatable bonds is 4. The van der Waals surface area contributed by atoms with Crippen molar-refractivity contribution in [2.75, 3.05) is 0 Å². The first-order valence-corrected chi connectivity index (χ1v) is 7.34. The molecule has 4 atom stereocenters. The quantitative estimate of drug-likeness (QED) is 0.875. The molecule has 2 rings (SSSR count). The van der Waals surface area contributed by atoms with Crippen molar-refractivity contribution in [3.8, 4) is 0 Å². The third kappa shape index (κ3) is 2.47. The molecule has 0 spiro atoms. The Morgan fingerprint density at radius 3 is 2.29 bits per heavy atom. The van der Waals surface area contributed by atoms with Crippen LogP contribution in [0.4, 0.5) is 0 Å². The number of aliphatic hydroxyl groups excluding tert-OH is 2. The maximum absolute atomic E-state index is 11.5. The lowest BCUT2D eigenvalue weighted by Gasteiger charge is -2.44. The zero-order valence-electron chi connectivity index (χ0n) is 12.7. The molecule has 21 heavy (non-hydrogen) atoms. The van der Waals surface area contributed by atoms with Crippen LogP contribution in [0.25, 0.3) is 0 Å². The molecule has 1 aliphatic rings. The number of benzene rings is 1. The Morgan fingerprint density at radius 2 is 1.81 bits per heavy atom. The Kier molecular flexibility index (Phi) is 4.13. The highest BCUT2D eigenvalue weighted by Gasteiger charge is 2.55. The highest BCUT2D eigenvalue weighted by molar-refractivity contribution is 5.73. The van der Waals surface area contributed by atoms with Gasteiger partial charge in [-0.25, -0.2) is 0 Å². The van der Waals surface area contributed by atoms with Gasteiger partial charge in [0.05, 0.1) is 6.10 Å². The number of carbonyl (C=O) groups excluding carboxylic acids is 1. The van der Waals surface area contributed by atoms with Gasteiger partial charge in [0.2, 0.25) is 0 Å². The van der Waals surface area contributed by atoms with Gasteiger partial charge in [-0.2, -0.15) is 0 Å². The summed E-state index contributed by atoms with van der Waals surface area (Å²) >= 11 is 0. The van der Waals surface area contributed by atoms with Crippen molar-refractivity contribution >= 4 is 5.97 Å². The fourth-order valence-electron chi connectivity index (χ4n) is 3.57. The lowest BCUT2D eigenvalue weighted by Crippen LogP contribution is -2.50. The summed E-state index contributed by atoms with van der Waals surface area (Å²) in [6.07, 6.45) is -1.00. The van der Waals surface area contributed by atoms with E-state index in [0.29, 0.717) is 18.4 Å². The van der Waals surface area contributed by atoms with E-state index in [1.165, 1.54) is 0 Å². The molecular weight excluding hydrogens is 268 g/mol. The minimum Gasteiger partial charge on any atom is -0.550 e. The summed E-state index contributed by atoms with van der Waals surface area (Å²) in [6, 6.07) is 8.96. The van der Waals surface area contributed by atoms with Crippen molar-refractivity contribution in [3.05, 3.63) is 35.9 Å². The van der Waals surface area contributed by atoms with Gasteiger partial charge in [-0.05, 0) is 29.7 Å². The van der Waals surface area contributed by atoms with Crippen LogP contribution in [0.3, 0.4) is 0 Å². The van der Waals surface area contributed by atoms with Crippen LogP contribution in [0.1, 0.15) is 45.3 Å². The van der Waals surface area contributed by atoms with Crippen LogP contribution >= 0.6 is 0 Å². The van der Waals surface area contributed by atoms with Gasteiger partial charge in [0, 0.05) is 11.4 Å². The fourth-order valence-corrected chi connectivity index (χ4v) is 3.57. The Morgan fingerprint density at radius 1 is 1.24 bits per heavy atom. The van der Waals surface area contributed by atoms with Crippen molar-refractivity contribution in [2.24, 2.45) is 16.7 Å². The average molecular weight is 291 g/mol. The summed E-state index contributed by atoms with van der Waals surface area (Å²) in [5.74, 6) is -1.38. The summed E-state index contributed by atoms with van der Waals surface area (Å²) in [5, 5.41) is 32.4. The van der Waals surface area contributed by atoms with Gasteiger partial charge in [-0.3, -0.25) is 0 Å².